The number of hydrogen-bond donors (Lipinski definition) is 1. The lowest BCUT2D eigenvalue weighted by molar-refractivity contribution is -0.195. The van der Waals surface area contributed by atoms with Crippen LogP contribution in [0.4, 0.5) is 0 Å². The summed E-state index contributed by atoms with van der Waals surface area (Å²) in [6, 6.07) is 0. The summed E-state index contributed by atoms with van der Waals surface area (Å²) in [5.74, 6) is 0. The Morgan fingerprint density at radius 3 is 2.47 bits per heavy atom. The molecule has 4 heteroatoms. The fraction of sp³-hybridized carbons (Fsp3) is 1.00. The molecular formula is C13H26O4. The number of hydrogen-bond acceptors (Lipinski definition) is 4. The van der Waals surface area contributed by atoms with Crippen LogP contribution in [-0.4, -0.2) is 49.8 Å². The summed E-state index contributed by atoms with van der Waals surface area (Å²) in [6.45, 7) is 6.92. The van der Waals surface area contributed by atoms with Gasteiger partial charge < -0.3 is 19.3 Å². The highest BCUT2D eigenvalue weighted by Crippen LogP contribution is 2.27. The molecule has 1 aliphatic carbocycles. The molecule has 0 spiro atoms. The maximum absolute atomic E-state index is 9.54. The van der Waals surface area contributed by atoms with E-state index in [0.717, 1.165) is 25.9 Å². The number of aliphatic hydroxyl groups excluding tert-OH is 1. The number of unbranched alkanes of at least 4 members (excludes halogenated alkanes) is 1. The van der Waals surface area contributed by atoms with Gasteiger partial charge in [0.2, 0.25) is 0 Å². The Morgan fingerprint density at radius 2 is 1.82 bits per heavy atom. The van der Waals surface area contributed by atoms with Crippen molar-refractivity contribution in [3.05, 3.63) is 0 Å². The van der Waals surface area contributed by atoms with Gasteiger partial charge in [-0.15, -0.1) is 0 Å². The van der Waals surface area contributed by atoms with Gasteiger partial charge in [0.15, 0.2) is 0 Å². The Morgan fingerprint density at radius 1 is 1.00 bits per heavy atom. The molecule has 0 amide bonds. The summed E-state index contributed by atoms with van der Waals surface area (Å²) >= 11 is 0. The van der Waals surface area contributed by atoms with Gasteiger partial charge >= 0.3 is 0 Å². The molecule has 0 saturated heterocycles. The largest absolute Gasteiger partial charge is 0.390 e. The highest BCUT2D eigenvalue weighted by molar-refractivity contribution is 4.91. The van der Waals surface area contributed by atoms with Crippen molar-refractivity contribution in [3.63, 3.8) is 0 Å². The predicted octanol–water partition coefficient (Wildman–Crippen LogP) is 1.75. The topological polar surface area (TPSA) is 47.9 Å². The zero-order chi connectivity index (χ0) is 12.5. The van der Waals surface area contributed by atoms with E-state index in [1.807, 2.05) is 0 Å². The molecule has 0 aromatic rings. The van der Waals surface area contributed by atoms with Crippen molar-refractivity contribution in [3.8, 4) is 0 Å². The molecule has 3 atom stereocenters. The second-order valence-electron chi connectivity index (χ2n) is 4.51. The van der Waals surface area contributed by atoms with Gasteiger partial charge in [-0.25, -0.2) is 0 Å². The van der Waals surface area contributed by atoms with Gasteiger partial charge in [0.05, 0.1) is 25.4 Å². The summed E-state index contributed by atoms with van der Waals surface area (Å²) in [5, 5.41) is 9.54. The van der Waals surface area contributed by atoms with Crippen LogP contribution in [0.2, 0.25) is 0 Å². The molecule has 17 heavy (non-hydrogen) atoms. The molecule has 1 fully saturated rings. The van der Waals surface area contributed by atoms with E-state index in [1.165, 1.54) is 0 Å². The third kappa shape index (κ3) is 5.34. The van der Waals surface area contributed by atoms with Crippen LogP contribution in [0, 0.1) is 0 Å². The second kappa shape index (κ2) is 8.86. The smallest absolute Gasteiger partial charge is 0.110 e. The fourth-order valence-corrected chi connectivity index (χ4v) is 1.80. The molecule has 102 valence electrons. The summed E-state index contributed by atoms with van der Waals surface area (Å²) in [5.41, 5.74) is 0. The van der Waals surface area contributed by atoms with Crippen molar-refractivity contribution >= 4 is 0 Å². The molecule has 1 rings (SSSR count). The molecule has 0 aromatic heterocycles. The van der Waals surface area contributed by atoms with E-state index >= 15 is 0 Å². The van der Waals surface area contributed by atoms with Crippen LogP contribution in [0.15, 0.2) is 0 Å². The van der Waals surface area contributed by atoms with Crippen LogP contribution in [0.5, 0.6) is 0 Å². The lowest BCUT2D eigenvalue weighted by Crippen LogP contribution is -2.54. The average molecular weight is 246 g/mol. The summed E-state index contributed by atoms with van der Waals surface area (Å²) in [6.07, 6.45) is 3.47. The molecule has 0 aromatic carbocycles. The molecule has 3 unspecified atom stereocenters. The van der Waals surface area contributed by atoms with Gasteiger partial charge in [-0.3, -0.25) is 0 Å². The molecule has 0 heterocycles. The quantitative estimate of drug-likeness (QED) is 0.597. The zero-order valence-corrected chi connectivity index (χ0v) is 11.1. The van der Waals surface area contributed by atoms with Crippen molar-refractivity contribution in [1.29, 1.82) is 0 Å². The molecule has 0 aliphatic heterocycles. The molecule has 0 radical (unpaired) electrons. The van der Waals surface area contributed by atoms with Crippen LogP contribution in [-0.2, 0) is 14.2 Å². The molecule has 1 aliphatic rings. The van der Waals surface area contributed by atoms with Gasteiger partial charge in [0.1, 0.15) is 6.10 Å². The van der Waals surface area contributed by atoms with Gasteiger partial charge in [0.25, 0.3) is 0 Å². The van der Waals surface area contributed by atoms with Crippen molar-refractivity contribution < 1.29 is 19.3 Å². The normalized spacial score (nSPS) is 28.1. The van der Waals surface area contributed by atoms with E-state index in [4.69, 9.17) is 14.2 Å². The van der Waals surface area contributed by atoms with Crippen LogP contribution < -0.4 is 0 Å². The summed E-state index contributed by atoms with van der Waals surface area (Å²) in [7, 11) is 0. The van der Waals surface area contributed by atoms with E-state index in [1.54, 1.807) is 0 Å². The van der Waals surface area contributed by atoms with Crippen molar-refractivity contribution in [1.82, 2.24) is 0 Å². The maximum Gasteiger partial charge on any atom is 0.110 e. The Balaban J connectivity index is 1.99. The van der Waals surface area contributed by atoms with Gasteiger partial charge in [-0.1, -0.05) is 20.3 Å². The van der Waals surface area contributed by atoms with Gasteiger partial charge in [0, 0.05) is 19.6 Å². The van der Waals surface area contributed by atoms with Crippen LogP contribution >= 0.6 is 0 Å². The van der Waals surface area contributed by atoms with E-state index < -0.39 is 0 Å². The summed E-state index contributed by atoms with van der Waals surface area (Å²) in [4.78, 5) is 0. The molecular weight excluding hydrogens is 220 g/mol. The minimum absolute atomic E-state index is 0.0475. The predicted molar refractivity (Wildman–Crippen MR) is 66.1 cm³/mol. The maximum atomic E-state index is 9.54. The molecule has 1 N–H and O–H groups in total. The second-order valence-corrected chi connectivity index (χ2v) is 4.51. The number of ether oxygens (including phenoxy) is 3. The number of rotatable bonds is 10. The standard InChI is InChI=1S/C13H26O4/c1-3-5-7-15-8-9-16-12-10-11(14)13(12)17-6-4-2/h11-14H,3-10H2,1-2H3. The highest BCUT2D eigenvalue weighted by Gasteiger charge is 2.41. The average Bonchev–Trinajstić information content (AvgIpc) is 2.32. The van der Waals surface area contributed by atoms with E-state index in [2.05, 4.69) is 13.8 Å². The Bertz CT molecular complexity index is 186. The van der Waals surface area contributed by atoms with Crippen molar-refractivity contribution in [2.45, 2.75) is 57.8 Å². The first-order chi connectivity index (χ1) is 8.29. The van der Waals surface area contributed by atoms with Gasteiger partial charge in [-0.2, -0.15) is 0 Å². The van der Waals surface area contributed by atoms with Crippen LogP contribution in [0.3, 0.4) is 0 Å². The zero-order valence-electron chi connectivity index (χ0n) is 11.1. The Hall–Kier alpha value is -0.160. The van der Waals surface area contributed by atoms with Crippen molar-refractivity contribution in [2.75, 3.05) is 26.4 Å². The van der Waals surface area contributed by atoms with E-state index in [-0.39, 0.29) is 18.3 Å². The number of aliphatic hydroxyl groups is 1. The first-order valence-electron chi connectivity index (χ1n) is 6.78. The van der Waals surface area contributed by atoms with Crippen LogP contribution in [0.25, 0.3) is 0 Å². The monoisotopic (exact) mass is 246 g/mol. The fourth-order valence-electron chi connectivity index (χ4n) is 1.80. The minimum Gasteiger partial charge on any atom is -0.390 e. The van der Waals surface area contributed by atoms with E-state index in [9.17, 15) is 5.11 Å². The third-order valence-corrected chi connectivity index (χ3v) is 2.94. The van der Waals surface area contributed by atoms with Gasteiger partial charge in [-0.05, 0) is 12.8 Å². The highest BCUT2D eigenvalue weighted by atomic mass is 16.6. The molecule has 4 nitrogen and oxygen atoms in total. The minimum atomic E-state index is -0.354. The molecule has 1 saturated carbocycles. The first kappa shape index (κ1) is 14.9. The third-order valence-electron chi connectivity index (χ3n) is 2.94. The van der Waals surface area contributed by atoms with E-state index in [0.29, 0.717) is 26.2 Å². The van der Waals surface area contributed by atoms with Crippen LogP contribution in [0.1, 0.15) is 39.5 Å². The summed E-state index contributed by atoms with van der Waals surface area (Å²) < 4.78 is 16.6. The Labute approximate surface area is 104 Å². The van der Waals surface area contributed by atoms with Crippen molar-refractivity contribution in [2.24, 2.45) is 0 Å². The first-order valence-corrected chi connectivity index (χ1v) is 6.78. The molecule has 0 bridgehead atoms. The lowest BCUT2D eigenvalue weighted by atomic mass is 9.88. The Kier molecular flexibility index (Phi) is 7.77. The lowest BCUT2D eigenvalue weighted by Gasteiger charge is -2.40. The SMILES string of the molecule is CCCCOCCOC1CC(O)C1OCCC.